The van der Waals surface area contributed by atoms with Gasteiger partial charge in [-0.2, -0.15) is 4.98 Å². The van der Waals surface area contributed by atoms with Crippen molar-refractivity contribution in [2.45, 2.75) is 65.3 Å². The highest BCUT2D eigenvalue weighted by atomic mass is 16.6. The van der Waals surface area contributed by atoms with E-state index in [0.29, 0.717) is 19.0 Å². The number of piperidine rings is 1. The molecule has 0 bridgehead atoms. The molecule has 252 valence electrons. The summed E-state index contributed by atoms with van der Waals surface area (Å²) in [6.45, 7) is 8.02. The van der Waals surface area contributed by atoms with Crippen molar-refractivity contribution in [3.05, 3.63) is 92.9 Å². The fraction of sp³-hybridized carbons (Fsp3) is 0.382. The predicted molar refractivity (Wildman–Crippen MR) is 182 cm³/mol. The van der Waals surface area contributed by atoms with Gasteiger partial charge < -0.3 is 24.8 Å². The number of imidazole rings is 1. The molecule has 14 nitrogen and oxygen atoms in total. The molecule has 1 aliphatic heterocycles. The smallest absolute Gasteiger partial charge is 0.407 e. The highest BCUT2D eigenvalue weighted by Gasteiger charge is 2.29. The van der Waals surface area contributed by atoms with Crippen LogP contribution in [0.4, 0.5) is 16.4 Å². The van der Waals surface area contributed by atoms with Crippen molar-refractivity contribution < 1.29 is 19.1 Å². The van der Waals surface area contributed by atoms with Crippen LogP contribution in [0, 0.1) is 0 Å². The number of fused-ring (bicyclic) bond motifs is 1. The maximum atomic E-state index is 14.1. The largest absolute Gasteiger partial charge is 0.444 e. The average Bonchev–Trinajstić information content (AvgIpc) is 3.44. The number of para-hydroxylation sites is 1. The van der Waals surface area contributed by atoms with E-state index in [0.717, 1.165) is 17.4 Å². The van der Waals surface area contributed by atoms with Crippen molar-refractivity contribution in [2.24, 2.45) is 7.05 Å². The van der Waals surface area contributed by atoms with Crippen molar-refractivity contribution in [1.82, 2.24) is 29.0 Å². The number of ketones is 1. The molecule has 2 amide bonds. The first-order chi connectivity index (χ1) is 22.9. The van der Waals surface area contributed by atoms with Crippen molar-refractivity contribution in [3.8, 4) is 0 Å². The number of alkyl carbamates (subject to hydrolysis) is 1. The number of carbonyl (C=O) groups excluding carboxylic acids is 3. The first-order valence-electron chi connectivity index (χ1n) is 15.8. The fourth-order valence-electron chi connectivity index (χ4n) is 5.62. The van der Waals surface area contributed by atoms with Crippen LogP contribution in [0.15, 0.2) is 70.4 Å². The number of anilines is 2. The van der Waals surface area contributed by atoms with E-state index >= 15 is 0 Å². The Balaban J connectivity index is 1.48. The molecule has 0 spiro atoms. The van der Waals surface area contributed by atoms with Crippen molar-refractivity contribution in [2.75, 3.05) is 23.3 Å². The Bertz CT molecular complexity index is 1990. The van der Waals surface area contributed by atoms with E-state index in [4.69, 9.17) is 9.72 Å². The molecule has 1 fully saturated rings. The van der Waals surface area contributed by atoms with Crippen molar-refractivity contribution in [3.63, 3.8) is 0 Å². The van der Waals surface area contributed by atoms with Gasteiger partial charge in [0, 0.05) is 44.5 Å². The lowest BCUT2D eigenvalue weighted by molar-refractivity contribution is 0.0499. The quantitative estimate of drug-likeness (QED) is 0.203. The van der Waals surface area contributed by atoms with Crippen LogP contribution in [-0.2, 0) is 24.9 Å². The summed E-state index contributed by atoms with van der Waals surface area (Å²) in [5.74, 6) is -0.582. The van der Waals surface area contributed by atoms with Gasteiger partial charge in [-0.05, 0) is 64.8 Å². The van der Waals surface area contributed by atoms with Crippen LogP contribution in [0.1, 0.15) is 61.4 Å². The number of aromatic nitrogens is 5. The molecule has 2 N–H and O–H groups in total. The number of benzene rings is 1. The summed E-state index contributed by atoms with van der Waals surface area (Å²) in [4.78, 5) is 77.4. The summed E-state index contributed by atoms with van der Waals surface area (Å²) >= 11 is 0. The topological polar surface area (TPSA) is 162 Å². The standard InChI is InChI=1S/C34H40N8O6/c1-6-7-19-41-27-28(38-31(41)40-18-12-13-22(20-40)36-32(46)48-34(2,3)4)39(5)33(47)42(30(27)45)21-26(43)23-14-8-9-15-24(23)37-29(44)25-16-10-11-17-35-25/h6-11,14-17,22H,12-13,18-21H2,1-5H3,(H,36,46)(H,37,44). The van der Waals surface area contributed by atoms with E-state index in [1.807, 2.05) is 24.0 Å². The Morgan fingerprint density at radius 1 is 1.06 bits per heavy atom. The lowest BCUT2D eigenvalue weighted by atomic mass is 10.1. The van der Waals surface area contributed by atoms with Gasteiger partial charge in [0.1, 0.15) is 11.3 Å². The number of rotatable bonds is 9. The minimum absolute atomic E-state index is 0.135. The maximum absolute atomic E-state index is 14.1. The predicted octanol–water partition coefficient (Wildman–Crippen LogP) is 3.50. The first-order valence-corrected chi connectivity index (χ1v) is 15.8. The molecule has 1 aliphatic rings. The second kappa shape index (κ2) is 14.1. The summed E-state index contributed by atoms with van der Waals surface area (Å²) in [6.07, 6.45) is 6.18. The number of aryl methyl sites for hydroxylation is 1. The summed E-state index contributed by atoms with van der Waals surface area (Å²) in [5, 5.41) is 5.64. The molecule has 5 rings (SSSR count). The van der Waals surface area contributed by atoms with E-state index in [1.54, 1.807) is 61.7 Å². The number of allylic oxidation sites excluding steroid dienone is 2. The van der Waals surface area contributed by atoms with Gasteiger partial charge in [0.25, 0.3) is 11.5 Å². The number of nitrogens with one attached hydrogen (secondary N) is 2. The highest BCUT2D eigenvalue weighted by Crippen LogP contribution is 2.24. The average molecular weight is 657 g/mol. The van der Waals surface area contributed by atoms with E-state index in [9.17, 15) is 24.0 Å². The van der Waals surface area contributed by atoms with E-state index < -0.39 is 41.2 Å². The van der Waals surface area contributed by atoms with Crippen LogP contribution in [0.5, 0.6) is 0 Å². The molecule has 4 aromatic rings. The second-order valence-corrected chi connectivity index (χ2v) is 12.6. The fourth-order valence-corrected chi connectivity index (χ4v) is 5.62. The molecule has 4 heterocycles. The normalized spacial score (nSPS) is 15.1. The van der Waals surface area contributed by atoms with Crippen LogP contribution in [0.25, 0.3) is 11.2 Å². The Hall–Kier alpha value is -5.53. The van der Waals surface area contributed by atoms with Crippen molar-refractivity contribution in [1.29, 1.82) is 0 Å². The van der Waals surface area contributed by atoms with Gasteiger partial charge in [-0.15, -0.1) is 0 Å². The van der Waals surface area contributed by atoms with Gasteiger partial charge >= 0.3 is 11.8 Å². The lowest BCUT2D eigenvalue weighted by Crippen LogP contribution is -2.49. The molecule has 3 aromatic heterocycles. The Labute approximate surface area is 277 Å². The third-order valence-electron chi connectivity index (χ3n) is 7.84. The number of ether oxygens (including phenoxy) is 1. The molecule has 1 saturated heterocycles. The third-order valence-corrected chi connectivity index (χ3v) is 7.84. The van der Waals surface area contributed by atoms with Crippen LogP contribution in [-0.4, -0.2) is 66.2 Å². The summed E-state index contributed by atoms with van der Waals surface area (Å²) in [5.41, 5.74) is -1.14. The number of Topliss-reactive ketones (excluding diaryl/α,β-unsaturated/α-hetero) is 1. The summed E-state index contributed by atoms with van der Waals surface area (Å²) < 4.78 is 9.32. The maximum Gasteiger partial charge on any atom is 0.407 e. The van der Waals surface area contributed by atoms with Gasteiger partial charge in [-0.3, -0.25) is 28.5 Å². The molecule has 1 unspecified atom stereocenters. The van der Waals surface area contributed by atoms with Gasteiger partial charge in [-0.1, -0.05) is 30.4 Å². The van der Waals surface area contributed by atoms with Gasteiger partial charge in [-0.25, -0.2) is 9.59 Å². The van der Waals surface area contributed by atoms with Gasteiger partial charge in [0.15, 0.2) is 16.9 Å². The number of nitrogens with zero attached hydrogens (tertiary/aromatic N) is 6. The van der Waals surface area contributed by atoms with E-state index in [1.165, 1.54) is 23.9 Å². The monoisotopic (exact) mass is 656 g/mol. The second-order valence-electron chi connectivity index (χ2n) is 12.6. The first kappa shape index (κ1) is 33.8. The SMILES string of the molecule is CC=CCn1c(N2CCCC(NC(=O)OC(C)(C)C)C2)nc2c1c(=O)n(CC(=O)c1ccccc1NC(=O)c1ccccn1)c(=O)n2C. The highest BCUT2D eigenvalue weighted by molar-refractivity contribution is 6.08. The van der Waals surface area contributed by atoms with E-state index in [-0.39, 0.29) is 40.7 Å². The molecule has 14 heteroatoms. The van der Waals surface area contributed by atoms with Crippen LogP contribution < -0.4 is 26.8 Å². The molecule has 0 aliphatic carbocycles. The zero-order valence-electron chi connectivity index (χ0n) is 27.7. The molecule has 48 heavy (non-hydrogen) atoms. The minimum Gasteiger partial charge on any atom is -0.444 e. The molecule has 1 atom stereocenters. The Morgan fingerprint density at radius 3 is 2.52 bits per heavy atom. The van der Waals surface area contributed by atoms with Crippen LogP contribution >= 0.6 is 0 Å². The van der Waals surface area contributed by atoms with Gasteiger partial charge in [0.05, 0.1) is 12.2 Å². The lowest BCUT2D eigenvalue weighted by Gasteiger charge is -2.34. The van der Waals surface area contributed by atoms with Crippen LogP contribution in [0.3, 0.4) is 0 Å². The molecule has 1 aromatic carbocycles. The Morgan fingerprint density at radius 2 is 1.81 bits per heavy atom. The van der Waals surface area contributed by atoms with E-state index in [2.05, 4.69) is 15.6 Å². The van der Waals surface area contributed by atoms with Crippen LogP contribution in [0.2, 0.25) is 0 Å². The minimum atomic E-state index is -0.707. The molecule has 0 saturated carbocycles. The Kier molecular flexibility index (Phi) is 9.92. The number of pyridine rings is 1. The number of hydrogen-bond acceptors (Lipinski definition) is 9. The molecular weight excluding hydrogens is 616 g/mol. The zero-order chi connectivity index (χ0) is 34.6. The number of hydrogen-bond donors (Lipinski definition) is 2. The molecular formula is C34H40N8O6. The number of amides is 2. The number of carbonyl (C=O) groups is 3. The zero-order valence-corrected chi connectivity index (χ0v) is 27.7. The van der Waals surface area contributed by atoms with Gasteiger partial charge in [0.2, 0.25) is 5.95 Å². The molecule has 0 radical (unpaired) electrons. The third kappa shape index (κ3) is 7.37. The van der Waals surface area contributed by atoms with Crippen molar-refractivity contribution >= 4 is 40.6 Å². The summed E-state index contributed by atoms with van der Waals surface area (Å²) in [7, 11) is 1.51. The summed E-state index contributed by atoms with van der Waals surface area (Å²) in [6, 6.07) is 11.1.